The van der Waals surface area contributed by atoms with Gasteiger partial charge in [-0.3, -0.25) is 10.1 Å². The summed E-state index contributed by atoms with van der Waals surface area (Å²) in [6.45, 7) is 6.93. The Labute approximate surface area is 102 Å². The van der Waals surface area contributed by atoms with Crippen LogP contribution in [0.3, 0.4) is 0 Å². The van der Waals surface area contributed by atoms with Crippen molar-refractivity contribution >= 4 is 5.97 Å². The number of rotatable bonds is 7. The lowest BCUT2D eigenvalue weighted by molar-refractivity contribution is -0.142. The first kappa shape index (κ1) is 13.7. The van der Waals surface area contributed by atoms with E-state index in [-0.39, 0.29) is 12.5 Å². The Kier molecular flexibility index (Phi) is 5.69. The normalized spacial score (nSPS) is 10.5. The number of esters is 1. The number of aryl methyl sites for hydroxylation is 2. The van der Waals surface area contributed by atoms with Crippen molar-refractivity contribution in [3.8, 4) is 0 Å². The third-order valence-electron chi connectivity index (χ3n) is 2.38. The molecule has 0 aliphatic carbocycles. The summed E-state index contributed by atoms with van der Waals surface area (Å²) >= 11 is 0. The minimum atomic E-state index is -0.238. The average molecular weight is 240 g/mol. The Hall–Kier alpha value is -1.36. The van der Waals surface area contributed by atoms with E-state index >= 15 is 0 Å². The highest BCUT2D eigenvalue weighted by Gasteiger charge is 2.06. The molecule has 96 valence electrons. The van der Waals surface area contributed by atoms with E-state index in [1.54, 1.807) is 0 Å². The van der Waals surface area contributed by atoms with Gasteiger partial charge in [0.2, 0.25) is 5.89 Å². The van der Waals surface area contributed by atoms with Crippen LogP contribution in [-0.4, -0.2) is 24.1 Å². The molecule has 5 heteroatoms. The number of carbonyl (C=O) groups is 1. The Morgan fingerprint density at radius 1 is 1.47 bits per heavy atom. The van der Waals surface area contributed by atoms with Gasteiger partial charge in [-0.2, -0.15) is 0 Å². The molecule has 1 N–H and O–H groups in total. The minimum absolute atomic E-state index is 0.185. The predicted molar refractivity (Wildman–Crippen MR) is 63.6 cm³/mol. The van der Waals surface area contributed by atoms with E-state index in [1.807, 2.05) is 13.8 Å². The van der Waals surface area contributed by atoms with Gasteiger partial charge in [0.05, 0.1) is 25.4 Å². The van der Waals surface area contributed by atoms with Gasteiger partial charge in [0.1, 0.15) is 5.76 Å². The lowest BCUT2D eigenvalue weighted by atomic mass is 10.4. The van der Waals surface area contributed by atoms with Crippen LogP contribution in [0.15, 0.2) is 4.42 Å². The second kappa shape index (κ2) is 7.06. The van der Waals surface area contributed by atoms with Crippen molar-refractivity contribution in [2.45, 2.75) is 40.2 Å². The van der Waals surface area contributed by atoms with E-state index < -0.39 is 0 Å². The number of hydrogen-bond acceptors (Lipinski definition) is 5. The SMILES string of the molecule is CCCCOC(=O)CNCc1nc(C)c(C)o1. The lowest BCUT2D eigenvalue weighted by Gasteiger charge is -2.03. The largest absolute Gasteiger partial charge is 0.465 e. The van der Waals surface area contributed by atoms with Gasteiger partial charge in [-0.25, -0.2) is 4.98 Å². The van der Waals surface area contributed by atoms with Crippen molar-refractivity contribution in [3.63, 3.8) is 0 Å². The number of carbonyl (C=O) groups excluding carboxylic acids is 1. The van der Waals surface area contributed by atoms with Gasteiger partial charge in [0.25, 0.3) is 0 Å². The number of nitrogens with one attached hydrogen (secondary N) is 1. The van der Waals surface area contributed by atoms with E-state index in [1.165, 1.54) is 0 Å². The van der Waals surface area contributed by atoms with Crippen LogP contribution in [0.2, 0.25) is 0 Å². The van der Waals surface area contributed by atoms with Crippen molar-refractivity contribution < 1.29 is 13.9 Å². The summed E-state index contributed by atoms with van der Waals surface area (Å²) in [7, 11) is 0. The molecule has 0 spiro atoms. The molecule has 0 fully saturated rings. The zero-order chi connectivity index (χ0) is 12.7. The third-order valence-corrected chi connectivity index (χ3v) is 2.38. The summed E-state index contributed by atoms with van der Waals surface area (Å²) in [5, 5.41) is 2.94. The number of hydrogen-bond donors (Lipinski definition) is 1. The molecule has 0 aliphatic heterocycles. The highest BCUT2D eigenvalue weighted by Crippen LogP contribution is 2.07. The smallest absolute Gasteiger partial charge is 0.319 e. The maximum Gasteiger partial charge on any atom is 0.319 e. The van der Waals surface area contributed by atoms with Crippen molar-refractivity contribution in [1.82, 2.24) is 10.3 Å². The van der Waals surface area contributed by atoms with Crippen LogP contribution in [-0.2, 0) is 16.1 Å². The zero-order valence-electron chi connectivity index (χ0n) is 10.7. The average Bonchev–Trinajstić information content (AvgIpc) is 2.59. The zero-order valence-corrected chi connectivity index (χ0v) is 10.7. The van der Waals surface area contributed by atoms with Crippen molar-refractivity contribution in [2.24, 2.45) is 0 Å². The molecular formula is C12H20N2O3. The van der Waals surface area contributed by atoms with Crippen LogP contribution >= 0.6 is 0 Å². The van der Waals surface area contributed by atoms with Gasteiger partial charge < -0.3 is 9.15 Å². The second-order valence-corrected chi connectivity index (χ2v) is 3.93. The lowest BCUT2D eigenvalue weighted by Crippen LogP contribution is -2.24. The highest BCUT2D eigenvalue weighted by atomic mass is 16.5. The molecular weight excluding hydrogens is 220 g/mol. The predicted octanol–water partition coefficient (Wildman–Crippen LogP) is 1.72. The molecule has 0 bridgehead atoms. The highest BCUT2D eigenvalue weighted by molar-refractivity contribution is 5.71. The molecule has 0 saturated carbocycles. The number of ether oxygens (including phenoxy) is 1. The first-order valence-corrected chi connectivity index (χ1v) is 5.92. The summed E-state index contributed by atoms with van der Waals surface area (Å²) in [5.74, 6) is 1.17. The number of aromatic nitrogens is 1. The van der Waals surface area contributed by atoms with Crippen molar-refractivity contribution in [1.29, 1.82) is 0 Å². The molecule has 17 heavy (non-hydrogen) atoms. The topological polar surface area (TPSA) is 64.4 Å². The van der Waals surface area contributed by atoms with Gasteiger partial charge in [0.15, 0.2) is 0 Å². The van der Waals surface area contributed by atoms with Gasteiger partial charge in [0, 0.05) is 0 Å². The Morgan fingerprint density at radius 2 is 2.24 bits per heavy atom. The Bertz CT molecular complexity index is 341. The molecule has 1 aromatic rings. The molecule has 0 unspecified atom stereocenters. The van der Waals surface area contributed by atoms with E-state index in [0.29, 0.717) is 19.0 Å². The molecule has 0 radical (unpaired) electrons. The third kappa shape index (κ3) is 4.99. The maximum atomic E-state index is 11.2. The minimum Gasteiger partial charge on any atom is -0.465 e. The van der Waals surface area contributed by atoms with Crippen LogP contribution in [0.1, 0.15) is 37.1 Å². The number of oxazole rings is 1. The summed E-state index contributed by atoms with van der Waals surface area (Å²) < 4.78 is 10.4. The number of unbranched alkanes of at least 4 members (excludes halogenated alkanes) is 1. The van der Waals surface area contributed by atoms with Crippen LogP contribution in [0.5, 0.6) is 0 Å². The maximum absolute atomic E-state index is 11.2. The van der Waals surface area contributed by atoms with Gasteiger partial charge >= 0.3 is 5.97 Å². The standard InChI is InChI=1S/C12H20N2O3/c1-4-5-6-16-12(15)8-13-7-11-14-9(2)10(3)17-11/h13H,4-8H2,1-3H3. The fourth-order valence-electron chi connectivity index (χ4n) is 1.27. The van der Waals surface area contributed by atoms with E-state index in [0.717, 1.165) is 24.3 Å². The summed E-state index contributed by atoms with van der Waals surface area (Å²) in [6, 6.07) is 0. The number of nitrogens with zero attached hydrogens (tertiary/aromatic N) is 1. The molecule has 0 amide bonds. The van der Waals surface area contributed by atoms with Gasteiger partial charge in [-0.05, 0) is 20.3 Å². The first-order valence-electron chi connectivity index (χ1n) is 5.92. The molecule has 0 aliphatic rings. The molecule has 0 atom stereocenters. The van der Waals surface area contributed by atoms with Gasteiger partial charge in [-0.1, -0.05) is 13.3 Å². The second-order valence-electron chi connectivity index (χ2n) is 3.93. The Balaban J connectivity index is 2.17. The monoisotopic (exact) mass is 240 g/mol. The van der Waals surface area contributed by atoms with Crippen LogP contribution in [0.25, 0.3) is 0 Å². The summed E-state index contributed by atoms with van der Waals surface area (Å²) in [4.78, 5) is 15.4. The summed E-state index contributed by atoms with van der Waals surface area (Å²) in [6.07, 6.45) is 1.93. The van der Waals surface area contributed by atoms with E-state index in [2.05, 4.69) is 17.2 Å². The van der Waals surface area contributed by atoms with Crippen molar-refractivity contribution in [3.05, 3.63) is 17.3 Å². The van der Waals surface area contributed by atoms with E-state index in [9.17, 15) is 4.79 Å². The van der Waals surface area contributed by atoms with E-state index in [4.69, 9.17) is 9.15 Å². The van der Waals surface area contributed by atoms with Gasteiger partial charge in [-0.15, -0.1) is 0 Å². The van der Waals surface area contributed by atoms with Crippen LogP contribution in [0.4, 0.5) is 0 Å². The molecule has 1 heterocycles. The molecule has 0 saturated heterocycles. The fourth-order valence-corrected chi connectivity index (χ4v) is 1.27. The van der Waals surface area contributed by atoms with Crippen molar-refractivity contribution in [2.75, 3.05) is 13.2 Å². The quantitative estimate of drug-likeness (QED) is 0.580. The summed E-state index contributed by atoms with van der Waals surface area (Å²) in [5.41, 5.74) is 0.882. The molecule has 1 rings (SSSR count). The Morgan fingerprint density at radius 3 is 2.82 bits per heavy atom. The van der Waals surface area contributed by atoms with Crippen LogP contribution < -0.4 is 5.32 Å². The molecule has 1 aromatic heterocycles. The molecule has 0 aromatic carbocycles. The van der Waals surface area contributed by atoms with Crippen LogP contribution in [0, 0.1) is 13.8 Å². The fraction of sp³-hybridized carbons (Fsp3) is 0.667. The molecule has 5 nitrogen and oxygen atoms in total. The first-order chi connectivity index (χ1) is 8.13.